The quantitative estimate of drug-likeness (QED) is 0.229. The van der Waals surface area contributed by atoms with E-state index in [-0.39, 0.29) is 10.8 Å². The third-order valence-electron chi connectivity index (χ3n) is 8.75. The molecular weight excluding hydrogens is 446 g/mol. The van der Waals surface area contributed by atoms with Gasteiger partial charge in [-0.15, -0.1) is 0 Å². The van der Waals surface area contributed by atoms with Crippen molar-refractivity contribution in [1.29, 1.82) is 0 Å². The summed E-state index contributed by atoms with van der Waals surface area (Å²) in [6.45, 7) is 6.88. The van der Waals surface area contributed by atoms with Crippen molar-refractivity contribution in [3.63, 3.8) is 0 Å². The van der Waals surface area contributed by atoms with E-state index < -0.39 is 5.97 Å². The summed E-state index contributed by atoms with van der Waals surface area (Å²) in [5.74, 6) is 0.134. The maximum Gasteiger partial charge on any atom is 0.365 e. The summed E-state index contributed by atoms with van der Waals surface area (Å²) >= 11 is 0. The van der Waals surface area contributed by atoms with Crippen LogP contribution in [-0.4, -0.2) is 21.6 Å². The Balaban J connectivity index is 1.35. The molecule has 4 aromatic rings. The minimum Gasteiger partial charge on any atom is -0.313 e. The second-order valence-electron chi connectivity index (χ2n) is 10.8. The summed E-state index contributed by atoms with van der Waals surface area (Å²) in [5, 5.41) is 4.38. The van der Waals surface area contributed by atoms with Gasteiger partial charge in [0, 0.05) is 16.5 Å². The Labute approximate surface area is 211 Å². The average molecular weight is 476 g/mol. The fraction of sp³-hybridized carbons (Fsp3) is 0.290. The number of rotatable bonds is 4. The average Bonchev–Trinajstić information content (AvgIpc) is 3.25. The normalized spacial score (nSPS) is 23.3. The summed E-state index contributed by atoms with van der Waals surface area (Å²) in [6, 6.07) is 25.4. The van der Waals surface area contributed by atoms with E-state index >= 15 is 0 Å². The lowest BCUT2D eigenvalue weighted by atomic mass is 9.70. The number of hydrogen-bond donors (Lipinski definition) is 0. The Morgan fingerprint density at radius 3 is 2.03 bits per heavy atom. The predicted molar refractivity (Wildman–Crippen MR) is 142 cm³/mol. The maximum atomic E-state index is 13.0. The van der Waals surface area contributed by atoms with E-state index in [0.717, 1.165) is 46.6 Å². The third kappa shape index (κ3) is 3.53. The number of carbonyl (C=O) groups excluding carboxylic acids is 1. The topological polar surface area (TPSA) is 64.4 Å². The molecule has 180 valence electrons. The Bertz CT molecular complexity index is 1490. The molecule has 6 rings (SSSR count). The lowest BCUT2D eigenvalue weighted by molar-refractivity contribution is 0.0508. The molecule has 1 heterocycles. The SMILES string of the molecule is CC12CCC(CC1=NOC(=O)c1ccc3nc(-c4ccccc4)c(-c4ccccc4)nc3c1)C2(C)C. The van der Waals surface area contributed by atoms with Gasteiger partial charge in [0.25, 0.3) is 0 Å². The van der Waals surface area contributed by atoms with Crippen LogP contribution in [0.5, 0.6) is 0 Å². The van der Waals surface area contributed by atoms with Crippen LogP contribution in [0.2, 0.25) is 0 Å². The van der Waals surface area contributed by atoms with E-state index in [2.05, 4.69) is 25.9 Å². The van der Waals surface area contributed by atoms with Crippen LogP contribution in [-0.2, 0) is 4.84 Å². The van der Waals surface area contributed by atoms with Crippen LogP contribution < -0.4 is 0 Å². The lowest BCUT2D eigenvalue weighted by Gasteiger charge is -2.34. The van der Waals surface area contributed by atoms with Gasteiger partial charge in [0.05, 0.1) is 33.7 Å². The molecule has 2 aliphatic rings. The van der Waals surface area contributed by atoms with Gasteiger partial charge in [-0.25, -0.2) is 14.8 Å². The molecular formula is C31H29N3O2. The first-order valence-electron chi connectivity index (χ1n) is 12.6. The molecule has 2 aliphatic carbocycles. The number of oxime groups is 1. The van der Waals surface area contributed by atoms with Crippen LogP contribution >= 0.6 is 0 Å². The van der Waals surface area contributed by atoms with Gasteiger partial charge in [0.2, 0.25) is 0 Å². The highest BCUT2D eigenvalue weighted by Crippen LogP contribution is 2.64. The molecule has 3 aromatic carbocycles. The van der Waals surface area contributed by atoms with Crippen molar-refractivity contribution in [2.75, 3.05) is 0 Å². The summed E-state index contributed by atoms with van der Waals surface area (Å²) in [5.41, 5.74) is 6.51. The van der Waals surface area contributed by atoms with Gasteiger partial charge in [-0.2, -0.15) is 0 Å². The lowest BCUT2D eigenvalue weighted by Crippen LogP contribution is -2.32. The second-order valence-corrected chi connectivity index (χ2v) is 10.8. The highest BCUT2D eigenvalue weighted by Gasteiger charge is 2.60. The fourth-order valence-corrected chi connectivity index (χ4v) is 5.99. The number of carbonyl (C=O) groups is 1. The van der Waals surface area contributed by atoms with E-state index in [1.165, 1.54) is 6.42 Å². The fourth-order valence-electron chi connectivity index (χ4n) is 5.99. The summed E-state index contributed by atoms with van der Waals surface area (Å²) in [7, 11) is 0. The summed E-state index contributed by atoms with van der Waals surface area (Å²) in [6.07, 6.45) is 3.22. The molecule has 0 N–H and O–H groups in total. The largest absolute Gasteiger partial charge is 0.365 e. The van der Waals surface area contributed by atoms with Gasteiger partial charge < -0.3 is 4.84 Å². The predicted octanol–water partition coefficient (Wildman–Crippen LogP) is 7.32. The highest BCUT2D eigenvalue weighted by molar-refractivity contribution is 5.97. The molecule has 5 nitrogen and oxygen atoms in total. The highest BCUT2D eigenvalue weighted by atomic mass is 16.7. The number of fused-ring (bicyclic) bond motifs is 3. The Hall–Kier alpha value is -3.86. The molecule has 2 saturated carbocycles. The zero-order valence-corrected chi connectivity index (χ0v) is 20.9. The van der Waals surface area contributed by atoms with Crippen molar-refractivity contribution in [1.82, 2.24) is 9.97 Å². The first-order valence-corrected chi connectivity index (χ1v) is 12.6. The first-order chi connectivity index (χ1) is 17.4. The van der Waals surface area contributed by atoms with Crippen LogP contribution in [0.1, 0.15) is 50.4 Å². The second kappa shape index (κ2) is 8.37. The molecule has 2 fully saturated rings. The molecule has 0 amide bonds. The monoisotopic (exact) mass is 475 g/mol. The summed E-state index contributed by atoms with van der Waals surface area (Å²) in [4.78, 5) is 28.4. The molecule has 5 heteroatoms. The standard InChI is InChI=1S/C31H29N3O2/c1-30(2)23-16-17-31(30,3)26(19-23)34-36-29(35)22-14-15-24-25(18-22)33-28(21-12-8-5-9-13-21)27(32-24)20-10-6-4-7-11-20/h4-15,18,23H,16-17,19H2,1-3H3. The molecule has 2 unspecified atom stereocenters. The number of benzene rings is 3. The van der Waals surface area contributed by atoms with Crippen LogP contribution in [0, 0.1) is 16.7 Å². The van der Waals surface area contributed by atoms with Gasteiger partial charge >= 0.3 is 5.97 Å². The molecule has 2 atom stereocenters. The van der Waals surface area contributed by atoms with E-state index in [9.17, 15) is 4.79 Å². The summed E-state index contributed by atoms with van der Waals surface area (Å²) < 4.78 is 0. The smallest absolute Gasteiger partial charge is 0.313 e. The zero-order valence-electron chi connectivity index (χ0n) is 20.9. The minimum atomic E-state index is -0.469. The number of nitrogens with zero attached hydrogens (tertiary/aromatic N) is 3. The Morgan fingerprint density at radius 1 is 0.861 bits per heavy atom. The Kier molecular flexibility index (Phi) is 5.25. The zero-order chi connectivity index (χ0) is 24.9. The molecule has 0 spiro atoms. The van der Waals surface area contributed by atoms with Gasteiger partial charge in [0.15, 0.2) is 0 Å². The van der Waals surface area contributed by atoms with Crippen molar-refractivity contribution in [3.05, 3.63) is 84.4 Å². The van der Waals surface area contributed by atoms with E-state index in [1.54, 1.807) is 12.1 Å². The van der Waals surface area contributed by atoms with Crippen molar-refractivity contribution >= 4 is 22.7 Å². The van der Waals surface area contributed by atoms with Crippen LogP contribution in [0.4, 0.5) is 0 Å². The van der Waals surface area contributed by atoms with Crippen molar-refractivity contribution in [2.45, 2.75) is 40.0 Å². The number of hydrogen-bond acceptors (Lipinski definition) is 5. The van der Waals surface area contributed by atoms with Crippen LogP contribution in [0.15, 0.2) is 84.0 Å². The third-order valence-corrected chi connectivity index (χ3v) is 8.75. The Morgan fingerprint density at radius 2 is 1.47 bits per heavy atom. The van der Waals surface area contributed by atoms with E-state index in [1.807, 2.05) is 66.7 Å². The molecule has 0 saturated heterocycles. The van der Waals surface area contributed by atoms with Crippen LogP contribution in [0.25, 0.3) is 33.5 Å². The maximum absolute atomic E-state index is 13.0. The number of aromatic nitrogens is 2. The van der Waals surface area contributed by atoms with Crippen molar-refractivity contribution in [3.8, 4) is 22.5 Å². The van der Waals surface area contributed by atoms with Crippen LogP contribution in [0.3, 0.4) is 0 Å². The minimum absolute atomic E-state index is 0.00870. The van der Waals surface area contributed by atoms with Crippen molar-refractivity contribution in [2.24, 2.45) is 21.9 Å². The van der Waals surface area contributed by atoms with Gasteiger partial charge in [-0.1, -0.05) is 86.6 Å². The van der Waals surface area contributed by atoms with E-state index in [4.69, 9.17) is 14.8 Å². The first kappa shape index (κ1) is 22.6. The van der Waals surface area contributed by atoms with Crippen molar-refractivity contribution < 1.29 is 9.63 Å². The van der Waals surface area contributed by atoms with Gasteiger partial charge in [-0.3, -0.25) is 0 Å². The molecule has 1 aromatic heterocycles. The van der Waals surface area contributed by atoms with Gasteiger partial charge in [-0.05, 0) is 48.8 Å². The molecule has 0 radical (unpaired) electrons. The van der Waals surface area contributed by atoms with E-state index in [0.29, 0.717) is 17.0 Å². The van der Waals surface area contributed by atoms with Gasteiger partial charge in [0.1, 0.15) is 0 Å². The molecule has 2 bridgehead atoms. The molecule has 36 heavy (non-hydrogen) atoms. The molecule has 0 aliphatic heterocycles.